The maximum Gasteiger partial charge on any atom is 0.151 e. The fraction of sp³-hybridized carbons (Fsp3) is 0.135. The molecule has 208 valence electrons. The van der Waals surface area contributed by atoms with Gasteiger partial charge >= 0.3 is 0 Å². The summed E-state index contributed by atoms with van der Waals surface area (Å²) in [6.07, 6.45) is 10.3. The van der Waals surface area contributed by atoms with Crippen LogP contribution in [0.3, 0.4) is 0 Å². The van der Waals surface area contributed by atoms with Gasteiger partial charge in [0, 0.05) is 35.4 Å². The third-order valence-corrected chi connectivity index (χ3v) is 8.99. The number of anilines is 5. The van der Waals surface area contributed by atoms with Crippen LogP contribution >= 0.6 is 0 Å². The van der Waals surface area contributed by atoms with E-state index in [9.17, 15) is 0 Å². The maximum atomic E-state index is 6.33. The highest BCUT2D eigenvalue weighted by Crippen LogP contribution is 2.54. The predicted molar refractivity (Wildman–Crippen MR) is 169 cm³/mol. The van der Waals surface area contributed by atoms with E-state index in [1.807, 2.05) is 60.9 Å². The van der Waals surface area contributed by atoms with E-state index in [0.29, 0.717) is 0 Å². The molecule has 4 aliphatic rings. The van der Waals surface area contributed by atoms with Crippen molar-refractivity contribution in [2.75, 3.05) is 9.80 Å². The minimum Gasteiger partial charge on any atom is -0.457 e. The molecular formula is C37H28N4O2. The van der Waals surface area contributed by atoms with E-state index in [0.717, 1.165) is 81.4 Å². The van der Waals surface area contributed by atoms with Crippen LogP contribution in [0, 0.1) is 0 Å². The number of rotatable bonds is 2. The lowest BCUT2D eigenvalue weighted by atomic mass is 9.83. The van der Waals surface area contributed by atoms with E-state index in [-0.39, 0.29) is 5.41 Å². The van der Waals surface area contributed by atoms with E-state index < -0.39 is 0 Å². The predicted octanol–water partition coefficient (Wildman–Crippen LogP) is 9.45. The molecule has 0 radical (unpaired) electrons. The fourth-order valence-electron chi connectivity index (χ4n) is 6.86. The number of fused-ring (bicyclic) bond motifs is 6. The Labute approximate surface area is 250 Å². The summed E-state index contributed by atoms with van der Waals surface area (Å²) in [5, 5.41) is 0. The number of hydrogen-bond donors (Lipinski definition) is 0. The molecule has 3 aromatic carbocycles. The fourth-order valence-corrected chi connectivity index (χ4v) is 6.86. The summed E-state index contributed by atoms with van der Waals surface area (Å²) in [6, 6.07) is 28.9. The highest BCUT2D eigenvalue weighted by atomic mass is 16.5. The summed E-state index contributed by atoms with van der Waals surface area (Å²) >= 11 is 0. The van der Waals surface area contributed by atoms with Crippen molar-refractivity contribution in [1.29, 1.82) is 0 Å². The van der Waals surface area contributed by atoms with Crippen molar-refractivity contribution in [2.24, 2.45) is 0 Å². The maximum absolute atomic E-state index is 6.33. The van der Waals surface area contributed by atoms with Gasteiger partial charge in [0.25, 0.3) is 0 Å². The summed E-state index contributed by atoms with van der Waals surface area (Å²) < 4.78 is 12.6. The molecule has 0 saturated heterocycles. The number of allylic oxidation sites excluding steroid dienone is 3. The van der Waals surface area contributed by atoms with Gasteiger partial charge in [-0.1, -0.05) is 56.3 Å². The van der Waals surface area contributed by atoms with Crippen molar-refractivity contribution >= 4 is 28.7 Å². The molecule has 0 bridgehead atoms. The molecule has 0 atom stereocenters. The summed E-state index contributed by atoms with van der Waals surface area (Å²) in [6.45, 7) is 4.59. The Balaban J connectivity index is 1.17. The molecule has 0 spiro atoms. The molecule has 9 rings (SSSR count). The van der Waals surface area contributed by atoms with Crippen LogP contribution < -0.4 is 19.3 Å². The first-order valence-corrected chi connectivity index (χ1v) is 14.7. The molecule has 6 heteroatoms. The SMILES string of the molecule is CC1(C)c2cc(N3C4=C(CCC=C4)Oc4ccccc43)ncc2-c2cnc(N3c4ccccc4Oc4ccccc43)cc21. The van der Waals surface area contributed by atoms with Crippen molar-refractivity contribution < 1.29 is 9.47 Å². The third-order valence-electron chi connectivity index (χ3n) is 8.99. The first kappa shape index (κ1) is 24.3. The Morgan fingerprint density at radius 1 is 0.651 bits per heavy atom. The number of pyridine rings is 2. The Bertz CT molecular complexity index is 2000. The van der Waals surface area contributed by atoms with Crippen LogP contribution in [-0.2, 0) is 5.41 Å². The molecule has 0 fully saturated rings. The van der Waals surface area contributed by atoms with Gasteiger partial charge in [-0.05, 0) is 72.2 Å². The second kappa shape index (κ2) is 8.82. The summed E-state index contributed by atoms with van der Waals surface area (Å²) in [5.41, 5.74) is 8.45. The van der Waals surface area contributed by atoms with Gasteiger partial charge in [0.2, 0.25) is 0 Å². The molecule has 0 unspecified atom stereocenters. The monoisotopic (exact) mass is 560 g/mol. The number of nitrogens with zero attached hydrogens (tertiary/aromatic N) is 4. The molecule has 4 heterocycles. The Morgan fingerprint density at radius 2 is 1.16 bits per heavy atom. The number of hydrogen-bond acceptors (Lipinski definition) is 6. The van der Waals surface area contributed by atoms with Crippen LogP contribution in [0.4, 0.5) is 28.7 Å². The van der Waals surface area contributed by atoms with E-state index in [1.165, 1.54) is 11.1 Å². The number of benzene rings is 3. The van der Waals surface area contributed by atoms with Gasteiger partial charge in [0.05, 0.1) is 22.8 Å². The van der Waals surface area contributed by atoms with E-state index >= 15 is 0 Å². The van der Waals surface area contributed by atoms with Crippen LogP contribution in [0.2, 0.25) is 0 Å². The Kier molecular flexibility index (Phi) is 4.98. The Hall–Kier alpha value is -5.36. The molecule has 2 aliphatic carbocycles. The van der Waals surface area contributed by atoms with Crippen LogP contribution in [0.25, 0.3) is 11.1 Å². The molecule has 43 heavy (non-hydrogen) atoms. The smallest absolute Gasteiger partial charge is 0.151 e. The first-order chi connectivity index (χ1) is 21.1. The summed E-state index contributed by atoms with van der Waals surface area (Å²) in [5.74, 6) is 5.23. The lowest BCUT2D eigenvalue weighted by molar-refractivity contribution is 0.388. The molecule has 0 N–H and O–H groups in total. The summed E-state index contributed by atoms with van der Waals surface area (Å²) in [7, 11) is 0. The molecule has 2 aliphatic heterocycles. The first-order valence-electron chi connectivity index (χ1n) is 14.7. The second-order valence-corrected chi connectivity index (χ2v) is 11.8. The van der Waals surface area contributed by atoms with Gasteiger partial charge in [0.15, 0.2) is 17.2 Å². The molecule has 2 aromatic heterocycles. The number of ether oxygens (including phenoxy) is 2. The largest absolute Gasteiger partial charge is 0.457 e. The normalized spacial score (nSPS) is 16.7. The average Bonchev–Trinajstić information content (AvgIpc) is 3.27. The zero-order chi connectivity index (χ0) is 28.7. The van der Waals surface area contributed by atoms with Gasteiger partial charge in [0.1, 0.15) is 17.4 Å². The minimum atomic E-state index is -0.267. The van der Waals surface area contributed by atoms with Gasteiger partial charge in [-0.3, -0.25) is 9.80 Å². The molecule has 6 nitrogen and oxygen atoms in total. The van der Waals surface area contributed by atoms with Crippen LogP contribution in [-0.4, -0.2) is 9.97 Å². The molecule has 5 aromatic rings. The summed E-state index contributed by atoms with van der Waals surface area (Å²) in [4.78, 5) is 14.5. The quantitative estimate of drug-likeness (QED) is 0.210. The van der Waals surface area contributed by atoms with Gasteiger partial charge in [-0.15, -0.1) is 0 Å². The van der Waals surface area contributed by atoms with Crippen molar-refractivity contribution in [1.82, 2.24) is 9.97 Å². The number of aromatic nitrogens is 2. The lowest BCUT2D eigenvalue weighted by Crippen LogP contribution is -2.26. The molecule has 0 saturated carbocycles. The van der Waals surface area contributed by atoms with E-state index in [1.54, 1.807) is 0 Å². The van der Waals surface area contributed by atoms with Crippen molar-refractivity contribution in [2.45, 2.75) is 32.1 Å². The van der Waals surface area contributed by atoms with Crippen molar-refractivity contribution in [3.05, 3.63) is 132 Å². The van der Waals surface area contributed by atoms with E-state index in [4.69, 9.17) is 19.4 Å². The van der Waals surface area contributed by atoms with Crippen LogP contribution in [0.15, 0.2) is 121 Å². The lowest BCUT2D eigenvalue weighted by Gasteiger charge is -2.35. The number of para-hydroxylation sites is 6. The second-order valence-electron chi connectivity index (χ2n) is 11.8. The third kappa shape index (κ3) is 3.47. The van der Waals surface area contributed by atoms with Crippen LogP contribution in [0.5, 0.6) is 17.2 Å². The van der Waals surface area contributed by atoms with Crippen molar-refractivity contribution in [3.63, 3.8) is 0 Å². The molecule has 0 amide bonds. The standard InChI is InChI=1S/C37H28N4O2/c1-37(2)25-19-35(40-27-11-3-7-15-31(27)42-32-16-8-4-12-28(32)40)38-21-23(25)24-22-39-36(20-26(24)37)41-29-13-5-9-17-33(29)43-34-18-10-6-14-30(34)41/h3-9,11-17,19-22H,10,18H2,1-2H3. The van der Waals surface area contributed by atoms with Gasteiger partial charge < -0.3 is 9.47 Å². The zero-order valence-electron chi connectivity index (χ0n) is 23.9. The van der Waals surface area contributed by atoms with Gasteiger partial charge in [-0.25, -0.2) is 9.97 Å². The highest BCUT2D eigenvalue weighted by molar-refractivity contribution is 5.88. The Morgan fingerprint density at radius 3 is 1.77 bits per heavy atom. The van der Waals surface area contributed by atoms with Gasteiger partial charge in [-0.2, -0.15) is 0 Å². The zero-order valence-corrected chi connectivity index (χ0v) is 23.9. The minimum absolute atomic E-state index is 0.267. The topological polar surface area (TPSA) is 50.7 Å². The van der Waals surface area contributed by atoms with Crippen LogP contribution in [0.1, 0.15) is 37.8 Å². The van der Waals surface area contributed by atoms with E-state index in [2.05, 4.69) is 72.2 Å². The van der Waals surface area contributed by atoms with Crippen molar-refractivity contribution in [3.8, 4) is 28.4 Å². The molecular weight excluding hydrogens is 532 g/mol. The average molecular weight is 561 g/mol. The highest BCUT2D eigenvalue weighted by Gasteiger charge is 2.39.